The molecule has 262 valence electrons. The minimum absolute atomic E-state index is 0.00820. The Morgan fingerprint density at radius 3 is 1.80 bits per heavy atom. The standard InChI is InChI=1S/C33H31Cl3N6O8/c1-16-18(13-39-26(15-44)33(49)50)10-21(34)29(40-16)31(46)42-23-7-3-5-20(28(23)36)19-4-2-6-22(27(19)35)41-30(45)24-9-8-17(11-37-24)12-38-25(14-43)32(47)48/h2-11,25-26,38-39,43-44H,12-15H2,1H3,(H,41,45)(H,42,46)(H,47,48)(H,49,50)/t25-,26-/m0/s1. The first-order chi connectivity index (χ1) is 23.8. The van der Waals surface area contributed by atoms with E-state index < -0.39 is 49.1 Å². The number of aliphatic carboxylic acids is 2. The Bertz CT molecular complexity index is 1910. The molecule has 0 aliphatic heterocycles. The van der Waals surface area contributed by atoms with Gasteiger partial charge >= 0.3 is 11.9 Å². The molecule has 50 heavy (non-hydrogen) atoms. The number of benzene rings is 2. The van der Waals surface area contributed by atoms with Crippen molar-refractivity contribution in [3.63, 3.8) is 0 Å². The zero-order valence-corrected chi connectivity index (χ0v) is 28.5. The molecule has 2 aromatic carbocycles. The number of aryl methyl sites for hydroxylation is 1. The molecule has 0 spiro atoms. The van der Waals surface area contributed by atoms with E-state index in [1.165, 1.54) is 18.3 Å². The second-order valence-electron chi connectivity index (χ2n) is 10.8. The van der Waals surface area contributed by atoms with Crippen LogP contribution in [0.3, 0.4) is 0 Å². The summed E-state index contributed by atoms with van der Waals surface area (Å²) < 4.78 is 0. The molecule has 0 bridgehead atoms. The fraction of sp³-hybridized carbons (Fsp3) is 0.212. The Kier molecular flexibility index (Phi) is 13.2. The predicted molar refractivity (Wildman–Crippen MR) is 187 cm³/mol. The summed E-state index contributed by atoms with van der Waals surface area (Å²) in [6.07, 6.45) is 1.40. The van der Waals surface area contributed by atoms with Crippen LogP contribution in [0.15, 0.2) is 60.8 Å². The van der Waals surface area contributed by atoms with E-state index in [0.29, 0.717) is 27.9 Å². The van der Waals surface area contributed by atoms with Gasteiger partial charge < -0.3 is 31.1 Å². The number of halogens is 3. The summed E-state index contributed by atoms with van der Waals surface area (Å²) >= 11 is 19.8. The Balaban J connectivity index is 1.48. The number of hydrogen-bond donors (Lipinski definition) is 8. The average molecular weight is 746 g/mol. The van der Waals surface area contributed by atoms with Gasteiger partial charge in [-0.2, -0.15) is 0 Å². The van der Waals surface area contributed by atoms with Crippen molar-refractivity contribution < 1.29 is 39.6 Å². The van der Waals surface area contributed by atoms with Gasteiger partial charge in [-0.15, -0.1) is 0 Å². The van der Waals surface area contributed by atoms with E-state index in [2.05, 4.69) is 31.2 Å². The van der Waals surface area contributed by atoms with Gasteiger partial charge in [0.15, 0.2) is 0 Å². The third-order valence-electron chi connectivity index (χ3n) is 7.38. The Morgan fingerprint density at radius 2 is 1.30 bits per heavy atom. The molecular weight excluding hydrogens is 715 g/mol. The van der Waals surface area contributed by atoms with E-state index in [1.54, 1.807) is 49.4 Å². The minimum Gasteiger partial charge on any atom is -0.480 e. The number of carboxylic acids is 2. The van der Waals surface area contributed by atoms with E-state index in [9.17, 15) is 24.3 Å². The lowest BCUT2D eigenvalue weighted by atomic mass is 10.0. The highest BCUT2D eigenvalue weighted by Crippen LogP contribution is 2.40. The number of carboxylic acid groups (broad SMARTS) is 2. The Labute approximate surface area is 300 Å². The lowest BCUT2D eigenvalue weighted by Crippen LogP contribution is -2.39. The van der Waals surface area contributed by atoms with E-state index in [1.807, 2.05) is 0 Å². The molecule has 0 unspecified atom stereocenters. The fourth-order valence-electron chi connectivity index (χ4n) is 4.60. The Morgan fingerprint density at radius 1 is 0.760 bits per heavy atom. The number of nitrogens with one attached hydrogen (secondary N) is 4. The maximum absolute atomic E-state index is 13.2. The number of pyridine rings is 2. The number of amides is 2. The van der Waals surface area contributed by atoms with Crippen molar-refractivity contribution in [1.82, 2.24) is 20.6 Å². The number of carbonyl (C=O) groups excluding carboxylic acids is 2. The van der Waals surface area contributed by atoms with Crippen LogP contribution in [-0.4, -0.2) is 79.4 Å². The first-order valence-corrected chi connectivity index (χ1v) is 15.9. The van der Waals surface area contributed by atoms with Crippen LogP contribution in [-0.2, 0) is 22.7 Å². The number of hydrogen-bond acceptors (Lipinski definition) is 10. The SMILES string of the molecule is Cc1nc(C(=O)Nc2cccc(-c3cccc(NC(=O)c4ccc(CN[C@@H](CO)C(=O)O)cn4)c3Cl)c2Cl)c(Cl)cc1CN[C@@H](CO)C(=O)O. The third-order valence-corrected chi connectivity index (χ3v) is 8.48. The van der Waals surface area contributed by atoms with Crippen LogP contribution < -0.4 is 21.3 Å². The highest BCUT2D eigenvalue weighted by atomic mass is 35.5. The molecule has 2 heterocycles. The summed E-state index contributed by atoms with van der Waals surface area (Å²) in [6.45, 7) is 0.575. The van der Waals surface area contributed by atoms with Crippen molar-refractivity contribution >= 4 is 69.9 Å². The van der Waals surface area contributed by atoms with Gasteiger partial charge in [-0.25, -0.2) is 4.98 Å². The van der Waals surface area contributed by atoms with Gasteiger partial charge in [-0.3, -0.25) is 34.8 Å². The van der Waals surface area contributed by atoms with Crippen LogP contribution >= 0.6 is 34.8 Å². The summed E-state index contributed by atoms with van der Waals surface area (Å²) in [6, 6.07) is 12.0. The van der Waals surface area contributed by atoms with Gasteiger partial charge in [0.2, 0.25) is 0 Å². The van der Waals surface area contributed by atoms with Crippen molar-refractivity contribution in [1.29, 1.82) is 0 Å². The lowest BCUT2D eigenvalue weighted by Gasteiger charge is -2.16. The molecule has 2 atom stereocenters. The second kappa shape index (κ2) is 17.3. The predicted octanol–water partition coefficient (Wildman–Crippen LogP) is 3.99. The first-order valence-electron chi connectivity index (χ1n) is 14.8. The molecule has 0 fully saturated rings. The third kappa shape index (κ3) is 9.31. The second-order valence-corrected chi connectivity index (χ2v) is 11.9. The summed E-state index contributed by atoms with van der Waals surface area (Å²) in [5.41, 5.74) is 2.88. The largest absolute Gasteiger partial charge is 0.480 e. The van der Waals surface area contributed by atoms with E-state index in [0.717, 1.165) is 0 Å². The van der Waals surface area contributed by atoms with Gasteiger partial charge in [0.25, 0.3) is 11.8 Å². The average Bonchev–Trinajstić information content (AvgIpc) is 3.08. The molecule has 2 amide bonds. The summed E-state index contributed by atoms with van der Waals surface area (Å²) in [5, 5.41) is 47.6. The van der Waals surface area contributed by atoms with Crippen molar-refractivity contribution in [2.75, 3.05) is 23.8 Å². The van der Waals surface area contributed by atoms with E-state index in [-0.39, 0.29) is 50.9 Å². The van der Waals surface area contributed by atoms with E-state index in [4.69, 9.17) is 50.1 Å². The normalized spacial score (nSPS) is 12.2. The number of aliphatic hydroxyl groups is 2. The molecule has 0 saturated heterocycles. The van der Waals surface area contributed by atoms with Crippen LogP contribution in [0.4, 0.5) is 11.4 Å². The van der Waals surface area contributed by atoms with Crippen molar-refractivity contribution in [3.8, 4) is 11.1 Å². The molecule has 0 saturated carbocycles. The fourth-order valence-corrected chi connectivity index (χ4v) is 5.41. The van der Waals surface area contributed by atoms with Gasteiger partial charge in [0.1, 0.15) is 23.5 Å². The zero-order chi connectivity index (χ0) is 36.5. The number of nitrogens with zero attached hydrogens (tertiary/aromatic N) is 2. The molecule has 0 aliphatic carbocycles. The van der Waals surface area contributed by atoms with Crippen LogP contribution in [0.25, 0.3) is 11.1 Å². The number of rotatable bonds is 15. The zero-order valence-electron chi connectivity index (χ0n) is 26.2. The van der Waals surface area contributed by atoms with Crippen LogP contribution in [0.5, 0.6) is 0 Å². The molecule has 0 radical (unpaired) electrons. The molecule has 4 rings (SSSR count). The number of carbonyl (C=O) groups is 4. The van der Waals surface area contributed by atoms with Gasteiger partial charge in [0, 0.05) is 36.1 Å². The van der Waals surface area contributed by atoms with Crippen LogP contribution in [0.2, 0.25) is 15.1 Å². The van der Waals surface area contributed by atoms with Gasteiger partial charge in [-0.1, -0.05) is 65.1 Å². The molecule has 4 aromatic rings. The Hall–Kier alpha value is -4.67. The molecule has 2 aromatic heterocycles. The highest BCUT2D eigenvalue weighted by molar-refractivity contribution is 6.40. The molecular formula is C33H31Cl3N6O8. The highest BCUT2D eigenvalue weighted by Gasteiger charge is 2.21. The maximum atomic E-state index is 13.2. The molecule has 0 aliphatic rings. The smallest absolute Gasteiger partial charge is 0.323 e. The lowest BCUT2D eigenvalue weighted by molar-refractivity contribution is -0.141. The summed E-state index contributed by atoms with van der Waals surface area (Å²) in [7, 11) is 0. The van der Waals surface area contributed by atoms with Gasteiger partial charge in [-0.05, 0) is 42.3 Å². The molecule has 17 heteroatoms. The molecule has 8 N–H and O–H groups in total. The number of aromatic nitrogens is 2. The van der Waals surface area contributed by atoms with E-state index >= 15 is 0 Å². The topological polar surface area (TPSA) is 223 Å². The maximum Gasteiger partial charge on any atom is 0.323 e. The first kappa shape index (κ1) is 38.1. The quantitative estimate of drug-likeness (QED) is 0.0866. The van der Waals surface area contributed by atoms with Crippen molar-refractivity contribution in [2.45, 2.75) is 32.1 Å². The number of anilines is 2. The van der Waals surface area contributed by atoms with Gasteiger partial charge in [0.05, 0.1) is 39.7 Å². The summed E-state index contributed by atoms with van der Waals surface area (Å²) in [5.74, 6) is -3.64. The number of aliphatic hydroxyl groups excluding tert-OH is 2. The van der Waals surface area contributed by atoms with Crippen molar-refractivity contribution in [2.24, 2.45) is 0 Å². The minimum atomic E-state index is -1.22. The van der Waals surface area contributed by atoms with Crippen LogP contribution in [0.1, 0.15) is 37.8 Å². The monoisotopic (exact) mass is 744 g/mol. The summed E-state index contributed by atoms with van der Waals surface area (Å²) in [4.78, 5) is 56.9. The van der Waals surface area contributed by atoms with Crippen molar-refractivity contribution in [3.05, 3.63) is 104 Å². The molecule has 14 nitrogen and oxygen atoms in total. The van der Waals surface area contributed by atoms with Crippen LogP contribution in [0, 0.1) is 6.92 Å².